The average molecular weight is 394 g/mol. The van der Waals surface area contributed by atoms with Gasteiger partial charge in [-0.2, -0.15) is 5.10 Å². The van der Waals surface area contributed by atoms with E-state index in [1.165, 1.54) is 5.56 Å². The normalized spacial score (nSPS) is 12.5. The third-order valence-electron chi connectivity index (χ3n) is 4.09. The molecule has 4 rings (SSSR count). The highest BCUT2D eigenvalue weighted by Crippen LogP contribution is 2.22. The van der Waals surface area contributed by atoms with Gasteiger partial charge < -0.3 is 4.42 Å². The van der Waals surface area contributed by atoms with Crippen LogP contribution in [0.5, 0.6) is 0 Å². The smallest absolute Gasteiger partial charge is 0.211 e. The van der Waals surface area contributed by atoms with Crippen LogP contribution in [0.1, 0.15) is 30.2 Å². The molecular formula is C21H19N3OS2. The van der Waals surface area contributed by atoms with Crippen molar-refractivity contribution in [2.45, 2.75) is 19.8 Å². The summed E-state index contributed by atoms with van der Waals surface area (Å²) in [6.07, 6.45) is 3.52. The van der Waals surface area contributed by atoms with Crippen LogP contribution in [-0.4, -0.2) is 10.9 Å². The number of hydrogen-bond donors (Lipinski definition) is 0. The maximum absolute atomic E-state index is 5.58. The SMILES string of the molecule is CC(C)c1ccc(N=c2scc(-c3ccco3)n2N=Cc2cccs2)cc1. The molecule has 3 aromatic heterocycles. The van der Waals surface area contributed by atoms with E-state index in [2.05, 4.69) is 43.2 Å². The molecule has 0 saturated carbocycles. The summed E-state index contributed by atoms with van der Waals surface area (Å²) in [5, 5.41) is 8.72. The maximum Gasteiger partial charge on any atom is 0.211 e. The summed E-state index contributed by atoms with van der Waals surface area (Å²) in [6.45, 7) is 4.38. The number of thiophene rings is 1. The fraction of sp³-hybridized carbons (Fsp3) is 0.143. The Morgan fingerprint density at radius 3 is 2.56 bits per heavy atom. The Labute approximate surface area is 165 Å². The van der Waals surface area contributed by atoms with Gasteiger partial charge in [0, 0.05) is 10.3 Å². The molecule has 0 aliphatic rings. The summed E-state index contributed by atoms with van der Waals surface area (Å²) in [6, 6.07) is 16.2. The number of furan rings is 1. The summed E-state index contributed by atoms with van der Waals surface area (Å²) < 4.78 is 7.41. The Hall–Kier alpha value is -2.70. The first-order valence-corrected chi connectivity index (χ1v) is 10.4. The molecule has 4 nitrogen and oxygen atoms in total. The van der Waals surface area contributed by atoms with Gasteiger partial charge in [-0.05, 0) is 47.2 Å². The van der Waals surface area contributed by atoms with Gasteiger partial charge in [0.25, 0.3) is 0 Å². The van der Waals surface area contributed by atoms with Crippen molar-refractivity contribution in [3.63, 3.8) is 0 Å². The number of aromatic nitrogens is 1. The lowest BCUT2D eigenvalue weighted by Gasteiger charge is -2.04. The van der Waals surface area contributed by atoms with Crippen molar-refractivity contribution in [3.8, 4) is 11.5 Å². The zero-order valence-electron chi connectivity index (χ0n) is 15.1. The number of thiazole rings is 1. The monoisotopic (exact) mass is 393 g/mol. The van der Waals surface area contributed by atoms with E-state index in [1.807, 2.05) is 45.9 Å². The quantitative estimate of drug-likeness (QED) is 0.377. The van der Waals surface area contributed by atoms with E-state index in [-0.39, 0.29) is 0 Å². The van der Waals surface area contributed by atoms with Gasteiger partial charge in [0.2, 0.25) is 4.80 Å². The number of benzene rings is 1. The number of nitrogens with zero attached hydrogens (tertiary/aromatic N) is 3. The summed E-state index contributed by atoms with van der Waals surface area (Å²) in [5.41, 5.74) is 3.10. The third kappa shape index (κ3) is 4.02. The second kappa shape index (κ2) is 7.90. The Morgan fingerprint density at radius 1 is 1.04 bits per heavy atom. The first-order chi connectivity index (χ1) is 13.2. The summed E-state index contributed by atoms with van der Waals surface area (Å²) in [7, 11) is 0. The predicted octanol–water partition coefficient (Wildman–Crippen LogP) is 6.11. The number of hydrogen-bond acceptors (Lipinski definition) is 5. The van der Waals surface area contributed by atoms with Gasteiger partial charge in [0.15, 0.2) is 5.76 Å². The molecule has 136 valence electrons. The molecule has 0 fully saturated rings. The van der Waals surface area contributed by atoms with E-state index in [0.29, 0.717) is 5.92 Å². The molecular weight excluding hydrogens is 374 g/mol. The lowest BCUT2D eigenvalue weighted by molar-refractivity contribution is 0.575. The first kappa shape index (κ1) is 17.7. The van der Waals surface area contributed by atoms with Crippen LogP contribution in [0.2, 0.25) is 0 Å². The molecule has 6 heteroatoms. The topological polar surface area (TPSA) is 42.8 Å². The van der Waals surface area contributed by atoms with Crippen LogP contribution in [0, 0.1) is 0 Å². The second-order valence-corrected chi connectivity index (χ2v) is 8.13. The Balaban J connectivity index is 1.78. The molecule has 0 spiro atoms. The lowest BCUT2D eigenvalue weighted by Crippen LogP contribution is -2.11. The molecule has 0 radical (unpaired) electrons. The van der Waals surface area contributed by atoms with Crippen molar-refractivity contribution in [1.82, 2.24) is 4.68 Å². The molecule has 0 saturated heterocycles. The van der Waals surface area contributed by atoms with Crippen molar-refractivity contribution in [2.75, 3.05) is 0 Å². The zero-order valence-corrected chi connectivity index (χ0v) is 16.7. The lowest BCUT2D eigenvalue weighted by atomic mass is 10.0. The molecule has 0 bridgehead atoms. The predicted molar refractivity (Wildman–Crippen MR) is 113 cm³/mol. The van der Waals surface area contributed by atoms with E-state index in [0.717, 1.165) is 26.8 Å². The van der Waals surface area contributed by atoms with Crippen molar-refractivity contribution < 1.29 is 4.42 Å². The van der Waals surface area contributed by atoms with Crippen molar-refractivity contribution in [1.29, 1.82) is 0 Å². The average Bonchev–Trinajstić information content (AvgIpc) is 3.42. The highest BCUT2D eigenvalue weighted by atomic mass is 32.1. The van der Waals surface area contributed by atoms with Gasteiger partial charge >= 0.3 is 0 Å². The molecule has 0 atom stereocenters. The van der Waals surface area contributed by atoms with Crippen LogP contribution in [0.15, 0.2) is 80.1 Å². The molecule has 0 aliphatic carbocycles. The van der Waals surface area contributed by atoms with Gasteiger partial charge in [-0.1, -0.05) is 32.0 Å². The minimum atomic E-state index is 0.506. The second-order valence-electron chi connectivity index (χ2n) is 6.31. The molecule has 0 amide bonds. The van der Waals surface area contributed by atoms with Crippen LogP contribution in [0.4, 0.5) is 5.69 Å². The van der Waals surface area contributed by atoms with Gasteiger partial charge in [0.05, 0.1) is 18.2 Å². The summed E-state index contributed by atoms with van der Waals surface area (Å²) in [4.78, 5) is 6.69. The highest BCUT2D eigenvalue weighted by molar-refractivity contribution is 7.11. The molecule has 0 aliphatic heterocycles. The van der Waals surface area contributed by atoms with Crippen LogP contribution in [0.3, 0.4) is 0 Å². The van der Waals surface area contributed by atoms with Crippen LogP contribution >= 0.6 is 22.7 Å². The number of rotatable bonds is 5. The van der Waals surface area contributed by atoms with E-state index >= 15 is 0 Å². The molecule has 3 heterocycles. The zero-order chi connectivity index (χ0) is 18.6. The summed E-state index contributed by atoms with van der Waals surface area (Å²) in [5.74, 6) is 1.28. The highest BCUT2D eigenvalue weighted by Gasteiger charge is 2.10. The Morgan fingerprint density at radius 2 is 1.89 bits per heavy atom. The Kier molecular flexibility index (Phi) is 5.18. The minimum absolute atomic E-state index is 0.506. The van der Waals surface area contributed by atoms with Crippen LogP contribution in [-0.2, 0) is 0 Å². The van der Waals surface area contributed by atoms with Gasteiger partial charge in [-0.25, -0.2) is 9.67 Å². The molecule has 4 aromatic rings. The van der Waals surface area contributed by atoms with Gasteiger partial charge in [0.1, 0.15) is 5.69 Å². The molecule has 0 N–H and O–H groups in total. The van der Waals surface area contributed by atoms with E-state index in [9.17, 15) is 0 Å². The fourth-order valence-corrected chi connectivity index (χ4v) is 4.02. The largest absolute Gasteiger partial charge is 0.463 e. The van der Waals surface area contributed by atoms with Gasteiger partial charge in [-0.15, -0.1) is 22.7 Å². The fourth-order valence-electron chi connectivity index (χ4n) is 2.61. The van der Waals surface area contributed by atoms with Crippen LogP contribution < -0.4 is 4.80 Å². The van der Waals surface area contributed by atoms with Crippen LogP contribution in [0.25, 0.3) is 11.5 Å². The first-order valence-electron chi connectivity index (χ1n) is 8.67. The minimum Gasteiger partial charge on any atom is -0.463 e. The van der Waals surface area contributed by atoms with Crippen molar-refractivity contribution in [2.24, 2.45) is 10.1 Å². The molecule has 1 aromatic carbocycles. The van der Waals surface area contributed by atoms with E-state index in [4.69, 9.17) is 9.41 Å². The van der Waals surface area contributed by atoms with Gasteiger partial charge in [-0.3, -0.25) is 0 Å². The molecule has 27 heavy (non-hydrogen) atoms. The third-order valence-corrected chi connectivity index (χ3v) is 5.71. The van der Waals surface area contributed by atoms with Crippen molar-refractivity contribution >= 4 is 34.6 Å². The van der Waals surface area contributed by atoms with Crippen molar-refractivity contribution in [3.05, 3.63) is 80.8 Å². The van der Waals surface area contributed by atoms with E-state index in [1.54, 1.807) is 28.9 Å². The Bertz CT molecular complexity index is 1080. The van der Waals surface area contributed by atoms with E-state index < -0.39 is 0 Å². The standard InChI is InChI=1S/C21H19N3OS2/c1-15(2)16-7-9-17(10-8-16)23-21-24(22-13-18-5-4-12-26-18)19(14-27-21)20-6-3-11-25-20/h3-15H,1-2H3. The molecule has 0 unspecified atom stereocenters. The maximum atomic E-state index is 5.58. The summed E-state index contributed by atoms with van der Waals surface area (Å²) >= 11 is 3.19.